The molecule has 0 atom stereocenters. The number of ether oxygens (including phenoxy) is 1. The van der Waals surface area contributed by atoms with Crippen molar-refractivity contribution in [1.29, 1.82) is 0 Å². The van der Waals surface area contributed by atoms with Crippen molar-refractivity contribution in [3.63, 3.8) is 0 Å². The summed E-state index contributed by atoms with van der Waals surface area (Å²) in [6.07, 6.45) is 1.61. The molecule has 38 heavy (non-hydrogen) atoms. The second-order valence-corrected chi connectivity index (χ2v) is 10.4. The van der Waals surface area contributed by atoms with E-state index >= 15 is 0 Å². The summed E-state index contributed by atoms with van der Waals surface area (Å²) < 4.78 is 6.37. The van der Waals surface area contributed by atoms with E-state index in [1.54, 1.807) is 30.3 Å². The van der Waals surface area contributed by atoms with E-state index in [9.17, 15) is 24.5 Å². The summed E-state index contributed by atoms with van der Waals surface area (Å²) in [5.41, 5.74) is 4.06. The highest BCUT2D eigenvalue weighted by Gasteiger charge is 2.35. The molecule has 1 fully saturated rings. The van der Waals surface area contributed by atoms with Crippen LogP contribution in [0.3, 0.4) is 0 Å². The zero-order chi connectivity index (χ0) is 27.4. The predicted molar refractivity (Wildman–Crippen MR) is 149 cm³/mol. The van der Waals surface area contributed by atoms with Crippen LogP contribution in [0.25, 0.3) is 6.08 Å². The average molecular weight is 596 g/mol. The summed E-state index contributed by atoms with van der Waals surface area (Å²) in [4.78, 5) is 49.2. The first-order chi connectivity index (χ1) is 18.1. The van der Waals surface area contributed by atoms with E-state index < -0.39 is 16.1 Å². The van der Waals surface area contributed by atoms with Crippen molar-refractivity contribution < 1.29 is 24.0 Å². The lowest BCUT2D eigenvalue weighted by atomic mass is 10.1. The van der Waals surface area contributed by atoms with E-state index in [1.807, 2.05) is 26.0 Å². The number of halogens is 1. The van der Waals surface area contributed by atoms with Gasteiger partial charge in [-0.25, -0.2) is 0 Å². The molecule has 0 radical (unpaired) electrons. The van der Waals surface area contributed by atoms with Crippen LogP contribution in [-0.4, -0.2) is 33.5 Å². The van der Waals surface area contributed by atoms with Gasteiger partial charge in [0.05, 0.1) is 22.1 Å². The number of carbonyl (C=O) groups excluding carboxylic acids is 3. The number of hydrogen-bond acceptors (Lipinski definition) is 7. The molecule has 0 unspecified atom stereocenters. The maximum absolute atomic E-state index is 12.8. The fourth-order valence-corrected chi connectivity index (χ4v) is 4.96. The third-order valence-electron chi connectivity index (χ3n) is 5.77. The highest BCUT2D eigenvalue weighted by Crippen LogP contribution is 2.33. The second kappa shape index (κ2) is 11.6. The minimum absolute atomic E-state index is 0.0214. The van der Waals surface area contributed by atoms with Crippen molar-refractivity contribution in [2.24, 2.45) is 0 Å². The number of amides is 3. The van der Waals surface area contributed by atoms with Crippen LogP contribution in [0.5, 0.6) is 5.75 Å². The fraction of sp³-hybridized carbons (Fsp3) is 0.148. The number of aryl methyl sites for hydroxylation is 2. The number of thioether (sulfide) groups is 1. The maximum atomic E-state index is 12.8. The smallest absolute Gasteiger partial charge is 0.293 e. The first kappa shape index (κ1) is 27.1. The van der Waals surface area contributed by atoms with Crippen LogP contribution in [0.4, 0.5) is 16.2 Å². The Hall–Kier alpha value is -3.96. The number of nitrogens with zero attached hydrogens (tertiary/aromatic N) is 2. The van der Waals surface area contributed by atoms with Crippen LogP contribution in [-0.2, 0) is 16.1 Å². The monoisotopic (exact) mass is 595 g/mol. The van der Waals surface area contributed by atoms with Crippen LogP contribution < -0.4 is 10.1 Å². The molecule has 1 aliphatic heterocycles. The third-order valence-corrected chi connectivity index (χ3v) is 7.33. The maximum Gasteiger partial charge on any atom is 0.293 e. The molecular formula is C27H22BrN3O6S. The molecule has 4 rings (SSSR count). The molecule has 1 saturated heterocycles. The van der Waals surface area contributed by atoms with Gasteiger partial charge in [0.1, 0.15) is 5.75 Å². The van der Waals surface area contributed by atoms with E-state index in [4.69, 9.17) is 4.74 Å². The Morgan fingerprint density at radius 1 is 1.08 bits per heavy atom. The van der Waals surface area contributed by atoms with Crippen molar-refractivity contribution in [3.8, 4) is 5.75 Å². The topological polar surface area (TPSA) is 119 Å². The van der Waals surface area contributed by atoms with Gasteiger partial charge in [-0.3, -0.25) is 29.4 Å². The van der Waals surface area contributed by atoms with Crippen LogP contribution in [0, 0.1) is 24.0 Å². The van der Waals surface area contributed by atoms with E-state index in [2.05, 4.69) is 21.2 Å². The Labute approximate surface area is 231 Å². The van der Waals surface area contributed by atoms with Gasteiger partial charge < -0.3 is 10.1 Å². The van der Waals surface area contributed by atoms with Gasteiger partial charge in [-0.15, -0.1) is 0 Å². The molecule has 194 valence electrons. The minimum Gasteiger partial charge on any atom is -0.484 e. The molecule has 1 aliphatic rings. The molecule has 3 aromatic carbocycles. The van der Waals surface area contributed by atoms with Gasteiger partial charge in [-0.05, 0) is 94.1 Å². The van der Waals surface area contributed by atoms with E-state index in [0.717, 1.165) is 32.3 Å². The normalized spacial score (nSPS) is 14.2. The largest absolute Gasteiger partial charge is 0.484 e. The molecule has 3 aromatic rings. The zero-order valence-electron chi connectivity index (χ0n) is 20.4. The molecule has 11 heteroatoms. The highest BCUT2D eigenvalue weighted by atomic mass is 79.9. The molecule has 1 heterocycles. The molecule has 3 amide bonds. The number of nitro benzene ring substituents is 1. The number of hydrogen-bond donors (Lipinski definition) is 1. The van der Waals surface area contributed by atoms with Crippen LogP contribution >= 0.6 is 27.7 Å². The fourth-order valence-electron chi connectivity index (χ4n) is 3.57. The van der Waals surface area contributed by atoms with E-state index in [-0.39, 0.29) is 29.7 Å². The van der Waals surface area contributed by atoms with Crippen molar-refractivity contribution in [1.82, 2.24) is 4.90 Å². The van der Waals surface area contributed by atoms with Gasteiger partial charge in [0, 0.05) is 16.6 Å². The Morgan fingerprint density at radius 3 is 2.39 bits per heavy atom. The predicted octanol–water partition coefficient (Wildman–Crippen LogP) is 6.23. The lowest BCUT2D eigenvalue weighted by Gasteiger charge is -2.12. The summed E-state index contributed by atoms with van der Waals surface area (Å²) >= 11 is 4.28. The molecule has 0 saturated carbocycles. The molecule has 0 spiro atoms. The Bertz CT molecular complexity index is 1450. The van der Waals surface area contributed by atoms with Gasteiger partial charge in [0.25, 0.3) is 22.7 Å². The highest BCUT2D eigenvalue weighted by molar-refractivity contribution is 9.10. The van der Waals surface area contributed by atoms with Gasteiger partial charge in [-0.2, -0.15) is 0 Å². The molecular weight excluding hydrogens is 574 g/mol. The van der Waals surface area contributed by atoms with Crippen LogP contribution in [0.15, 0.2) is 70.0 Å². The molecule has 0 aromatic heterocycles. The quantitative estimate of drug-likeness (QED) is 0.186. The average Bonchev–Trinajstić information content (AvgIpc) is 3.14. The number of benzene rings is 3. The second-order valence-electron chi connectivity index (χ2n) is 8.51. The summed E-state index contributed by atoms with van der Waals surface area (Å²) in [7, 11) is 0. The Morgan fingerprint density at radius 2 is 1.74 bits per heavy atom. The Kier molecular flexibility index (Phi) is 8.28. The zero-order valence-corrected chi connectivity index (χ0v) is 22.8. The molecule has 0 aliphatic carbocycles. The molecule has 1 N–H and O–H groups in total. The van der Waals surface area contributed by atoms with Crippen molar-refractivity contribution in [3.05, 3.63) is 102 Å². The number of rotatable bonds is 8. The SMILES string of the molecule is Cc1cc(Br)c(NC(=O)COc2ccc(C=C3SC(=O)N(Cc4ccc([N+](=O)[O-])cc4)C3=O)cc2)cc1C. The summed E-state index contributed by atoms with van der Waals surface area (Å²) in [6.45, 7) is 3.80. The number of carbonyl (C=O) groups is 3. The lowest BCUT2D eigenvalue weighted by molar-refractivity contribution is -0.384. The number of nitro groups is 1. The molecule has 9 nitrogen and oxygen atoms in total. The summed E-state index contributed by atoms with van der Waals surface area (Å²) in [5.74, 6) is -0.268. The number of non-ortho nitro benzene ring substituents is 1. The van der Waals surface area contributed by atoms with Gasteiger partial charge >= 0.3 is 0 Å². The first-order valence-electron chi connectivity index (χ1n) is 11.4. The molecule has 0 bridgehead atoms. The van der Waals surface area contributed by atoms with E-state index in [0.29, 0.717) is 22.6 Å². The van der Waals surface area contributed by atoms with Gasteiger partial charge in [0.15, 0.2) is 6.61 Å². The van der Waals surface area contributed by atoms with Crippen molar-refractivity contribution in [2.75, 3.05) is 11.9 Å². The number of nitrogens with one attached hydrogen (secondary N) is 1. The third kappa shape index (κ3) is 6.48. The standard InChI is InChI=1S/C27H22BrN3O6S/c1-16-11-22(28)23(12-17(16)2)29-25(32)15-37-21-9-5-18(6-10-21)13-24-26(33)30(27(34)38-24)14-19-3-7-20(8-4-19)31(35)36/h3-13H,14-15H2,1-2H3,(H,29,32). The number of anilines is 1. The summed E-state index contributed by atoms with van der Waals surface area (Å²) in [5, 5.41) is 13.2. The van der Waals surface area contributed by atoms with Gasteiger partial charge in [0.2, 0.25) is 0 Å². The number of imide groups is 1. The minimum atomic E-state index is -0.511. The van der Waals surface area contributed by atoms with Gasteiger partial charge in [-0.1, -0.05) is 24.3 Å². The summed E-state index contributed by atoms with van der Waals surface area (Å²) in [6, 6.07) is 16.3. The Balaban J connectivity index is 1.34. The van der Waals surface area contributed by atoms with Crippen LogP contribution in [0.1, 0.15) is 22.3 Å². The lowest BCUT2D eigenvalue weighted by Crippen LogP contribution is -2.27. The van der Waals surface area contributed by atoms with E-state index in [1.165, 1.54) is 24.3 Å². The van der Waals surface area contributed by atoms with Crippen molar-refractivity contribution in [2.45, 2.75) is 20.4 Å². The first-order valence-corrected chi connectivity index (χ1v) is 13.0. The van der Waals surface area contributed by atoms with Crippen molar-refractivity contribution >= 4 is 62.2 Å². The van der Waals surface area contributed by atoms with Crippen LogP contribution in [0.2, 0.25) is 0 Å².